The molecule has 0 aromatic heterocycles. The number of hydrogen-bond donors (Lipinski definition) is 0. The minimum absolute atomic E-state index is 0.149. The molecule has 0 aromatic carbocycles. The fraction of sp³-hybridized carbons (Fsp3) is 0.800. The molecular formula is C15H24O2. The second-order valence-corrected chi connectivity index (χ2v) is 6.09. The second kappa shape index (κ2) is 4.56. The zero-order valence-electron chi connectivity index (χ0n) is 11.3. The van der Waals surface area contributed by atoms with Crippen molar-refractivity contribution in [2.45, 2.75) is 52.6 Å². The first-order valence-electron chi connectivity index (χ1n) is 6.76. The SMILES string of the molecule is C=C(C)[C@H]1CC(=O)C(C)(C2CCCO2)[C@H](C)C1. The van der Waals surface area contributed by atoms with E-state index in [0.717, 1.165) is 31.4 Å². The first-order valence-corrected chi connectivity index (χ1v) is 6.76. The van der Waals surface area contributed by atoms with Crippen molar-refractivity contribution in [3.8, 4) is 0 Å². The van der Waals surface area contributed by atoms with Crippen LogP contribution in [0.2, 0.25) is 0 Å². The van der Waals surface area contributed by atoms with Gasteiger partial charge in [0.2, 0.25) is 0 Å². The van der Waals surface area contributed by atoms with Crippen LogP contribution in [0.15, 0.2) is 12.2 Å². The van der Waals surface area contributed by atoms with Gasteiger partial charge < -0.3 is 4.74 Å². The lowest BCUT2D eigenvalue weighted by molar-refractivity contribution is -0.145. The summed E-state index contributed by atoms with van der Waals surface area (Å²) >= 11 is 0. The largest absolute Gasteiger partial charge is 0.377 e. The number of carbonyl (C=O) groups is 1. The number of hydrogen-bond acceptors (Lipinski definition) is 2. The van der Waals surface area contributed by atoms with Gasteiger partial charge in [0.1, 0.15) is 5.78 Å². The van der Waals surface area contributed by atoms with E-state index in [4.69, 9.17) is 4.74 Å². The molecule has 0 aromatic rings. The third-order valence-corrected chi connectivity index (χ3v) is 4.99. The van der Waals surface area contributed by atoms with Crippen molar-refractivity contribution < 1.29 is 9.53 Å². The van der Waals surface area contributed by atoms with Gasteiger partial charge in [-0.05, 0) is 44.9 Å². The Kier molecular flexibility index (Phi) is 3.44. The molecule has 1 heterocycles. The minimum atomic E-state index is -0.261. The number of ether oxygens (including phenoxy) is 1. The fourth-order valence-electron chi connectivity index (χ4n) is 3.40. The standard InChI is InChI=1S/C15H24O2/c1-10(2)12-8-11(3)15(4,13(16)9-12)14-6-5-7-17-14/h11-12,14H,1,5-9H2,2-4H3/t11-,12-,14?,15?/m1/s1. The summed E-state index contributed by atoms with van der Waals surface area (Å²) in [7, 11) is 0. The Morgan fingerprint density at radius 2 is 2.24 bits per heavy atom. The Morgan fingerprint density at radius 3 is 2.71 bits per heavy atom. The van der Waals surface area contributed by atoms with Crippen molar-refractivity contribution in [1.29, 1.82) is 0 Å². The van der Waals surface area contributed by atoms with Gasteiger partial charge in [-0.2, -0.15) is 0 Å². The van der Waals surface area contributed by atoms with Gasteiger partial charge in [-0.15, -0.1) is 0 Å². The smallest absolute Gasteiger partial charge is 0.142 e. The molecule has 96 valence electrons. The van der Waals surface area contributed by atoms with E-state index in [9.17, 15) is 4.79 Å². The average Bonchev–Trinajstić information content (AvgIpc) is 2.78. The van der Waals surface area contributed by atoms with Gasteiger partial charge in [0, 0.05) is 13.0 Å². The zero-order valence-corrected chi connectivity index (χ0v) is 11.3. The lowest BCUT2D eigenvalue weighted by Gasteiger charge is -2.44. The van der Waals surface area contributed by atoms with Crippen molar-refractivity contribution in [3.05, 3.63) is 12.2 Å². The maximum atomic E-state index is 12.5. The maximum Gasteiger partial charge on any atom is 0.142 e. The van der Waals surface area contributed by atoms with E-state index in [2.05, 4.69) is 20.4 Å². The van der Waals surface area contributed by atoms with Gasteiger partial charge in [0.15, 0.2) is 0 Å². The van der Waals surface area contributed by atoms with Crippen LogP contribution in [0.1, 0.15) is 46.5 Å². The monoisotopic (exact) mass is 236 g/mol. The summed E-state index contributed by atoms with van der Waals surface area (Å²) in [6.45, 7) is 11.2. The molecule has 1 aliphatic carbocycles. The number of ketones is 1. The van der Waals surface area contributed by atoms with E-state index in [-0.39, 0.29) is 11.5 Å². The van der Waals surface area contributed by atoms with Crippen molar-refractivity contribution in [2.24, 2.45) is 17.3 Å². The summed E-state index contributed by atoms with van der Waals surface area (Å²) < 4.78 is 5.79. The third-order valence-electron chi connectivity index (χ3n) is 4.99. The molecule has 1 aliphatic heterocycles. The maximum absolute atomic E-state index is 12.5. The zero-order chi connectivity index (χ0) is 12.6. The Balaban J connectivity index is 2.18. The summed E-state index contributed by atoms with van der Waals surface area (Å²) in [5.41, 5.74) is 0.891. The van der Waals surface area contributed by atoms with Gasteiger partial charge in [0.05, 0.1) is 11.5 Å². The highest BCUT2D eigenvalue weighted by molar-refractivity contribution is 5.86. The predicted octanol–water partition coefficient (Wildman–Crippen LogP) is 3.36. The van der Waals surface area contributed by atoms with Gasteiger partial charge in [-0.3, -0.25) is 4.79 Å². The van der Waals surface area contributed by atoms with Crippen molar-refractivity contribution in [1.82, 2.24) is 0 Å². The molecule has 0 bridgehead atoms. The highest BCUT2D eigenvalue weighted by atomic mass is 16.5. The Hall–Kier alpha value is -0.630. The number of rotatable bonds is 2. The Labute approximate surface area is 104 Å². The summed E-state index contributed by atoms with van der Waals surface area (Å²) in [5, 5.41) is 0. The molecule has 2 aliphatic rings. The first kappa shape index (κ1) is 12.8. The van der Waals surface area contributed by atoms with Crippen molar-refractivity contribution in [2.75, 3.05) is 6.61 Å². The molecular weight excluding hydrogens is 212 g/mol. The molecule has 2 fully saturated rings. The highest BCUT2D eigenvalue weighted by Crippen LogP contribution is 2.47. The molecule has 2 heteroatoms. The normalized spacial score (nSPS) is 42.8. The van der Waals surface area contributed by atoms with Crippen LogP contribution in [0.25, 0.3) is 0 Å². The molecule has 0 amide bonds. The van der Waals surface area contributed by atoms with Crippen LogP contribution in [0.4, 0.5) is 0 Å². The fourth-order valence-corrected chi connectivity index (χ4v) is 3.40. The molecule has 1 saturated heterocycles. The van der Waals surface area contributed by atoms with E-state index in [1.165, 1.54) is 0 Å². The molecule has 17 heavy (non-hydrogen) atoms. The lowest BCUT2D eigenvalue weighted by Crippen LogP contribution is -2.49. The highest BCUT2D eigenvalue weighted by Gasteiger charge is 2.50. The summed E-state index contributed by atoms with van der Waals surface area (Å²) in [6.07, 6.45) is 4.04. The third kappa shape index (κ3) is 2.08. The Bertz CT molecular complexity index is 328. The van der Waals surface area contributed by atoms with E-state index < -0.39 is 0 Å². The van der Waals surface area contributed by atoms with Crippen LogP contribution in [0.3, 0.4) is 0 Å². The van der Waals surface area contributed by atoms with Gasteiger partial charge in [-0.1, -0.05) is 19.1 Å². The molecule has 2 nitrogen and oxygen atoms in total. The summed E-state index contributed by atoms with van der Waals surface area (Å²) in [4.78, 5) is 12.5. The van der Waals surface area contributed by atoms with E-state index in [0.29, 0.717) is 24.0 Å². The van der Waals surface area contributed by atoms with Crippen LogP contribution in [0, 0.1) is 17.3 Å². The van der Waals surface area contributed by atoms with Crippen LogP contribution >= 0.6 is 0 Å². The molecule has 0 spiro atoms. The van der Waals surface area contributed by atoms with Crippen molar-refractivity contribution >= 4 is 5.78 Å². The average molecular weight is 236 g/mol. The predicted molar refractivity (Wildman–Crippen MR) is 68.8 cm³/mol. The molecule has 1 saturated carbocycles. The Morgan fingerprint density at radius 1 is 1.53 bits per heavy atom. The molecule has 2 unspecified atom stereocenters. The van der Waals surface area contributed by atoms with Crippen molar-refractivity contribution in [3.63, 3.8) is 0 Å². The van der Waals surface area contributed by atoms with E-state index in [1.807, 2.05) is 6.92 Å². The van der Waals surface area contributed by atoms with Crippen LogP contribution in [0.5, 0.6) is 0 Å². The second-order valence-electron chi connectivity index (χ2n) is 6.09. The number of allylic oxidation sites excluding steroid dienone is 1. The minimum Gasteiger partial charge on any atom is -0.377 e. The molecule has 2 rings (SSSR count). The van der Waals surface area contributed by atoms with Crippen LogP contribution < -0.4 is 0 Å². The number of Topliss-reactive ketones (excluding diaryl/α,β-unsaturated/α-hetero) is 1. The van der Waals surface area contributed by atoms with Gasteiger partial charge in [0.25, 0.3) is 0 Å². The van der Waals surface area contributed by atoms with Crippen LogP contribution in [-0.2, 0) is 9.53 Å². The number of carbonyl (C=O) groups excluding carboxylic acids is 1. The van der Waals surface area contributed by atoms with Gasteiger partial charge in [-0.25, -0.2) is 0 Å². The molecule has 4 atom stereocenters. The van der Waals surface area contributed by atoms with Gasteiger partial charge >= 0.3 is 0 Å². The lowest BCUT2D eigenvalue weighted by atomic mass is 9.60. The van der Waals surface area contributed by atoms with Crippen LogP contribution in [-0.4, -0.2) is 18.5 Å². The molecule has 0 radical (unpaired) electrons. The first-order chi connectivity index (χ1) is 7.96. The summed E-state index contributed by atoms with van der Waals surface area (Å²) in [5.74, 6) is 1.16. The van der Waals surface area contributed by atoms with E-state index >= 15 is 0 Å². The summed E-state index contributed by atoms with van der Waals surface area (Å²) in [6, 6.07) is 0. The van der Waals surface area contributed by atoms with E-state index in [1.54, 1.807) is 0 Å². The topological polar surface area (TPSA) is 26.3 Å². The quantitative estimate of drug-likeness (QED) is 0.687. The molecule has 0 N–H and O–H groups in total.